The quantitative estimate of drug-likeness (QED) is 0.885. The Morgan fingerprint density at radius 3 is 2.22 bits per heavy atom. The van der Waals surface area contributed by atoms with Gasteiger partial charge in [0.2, 0.25) is 5.91 Å². The minimum absolute atomic E-state index is 0.0102. The SMILES string of the molecule is C[C@@H](C(=O)NCCc1ccc(S(C)(=O)=O)cc1)c1ccccc1. The summed E-state index contributed by atoms with van der Waals surface area (Å²) in [7, 11) is -3.17. The second kappa shape index (κ2) is 7.42. The van der Waals surface area contributed by atoms with Gasteiger partial charge in [-0.2, -0.15) is 0 Å². The average molecular weight is 331 g/mol. The normalized spacial score (nSPS) is 12.6. The van der Waals surface area contributed by atoms with Gasteiger partial charge < -0.3 is 5.32 Å². The molecule has 2 aromatic rings. The van der Waals surface area contributed by atoms with Crippen LogP contribution in [0.5, 0.6) is 0 Å². The van der Waals surface area contributed by atoms with Gasteiger partial charge in [0.15, 0.2) is 9.84 Å². The zero-order valence-corrected chi connectivity index (χ0v) is 14.1. The Hall–Kier alpha value is -2.14. The average Bonchev–Trinajstić information content (AvgIpc) is 2.54. The van der Waals surface area contributed by atoms with Gasteiger partial charge in [0.05, 0.1) is 10.8 Å². The number of benzene rings is 2. The molecule has 0 spiro atoms. The van der Waals surface area contributed by atoms with Gasteiger partial charge in [-0.25, -0.2) is 8.42 Å². The summed E-state index contributed by atoms with van der Waals surface area (Å²) >= 11 is 0. The Labute approximate surface area is 137 Å². The largest absolute Gasteiger partial charge is 0.355 e. The van der Waals surface area contributed by atoms with Gasteiger partial charge in [-0.15, -0.1) is 0 Å². The van der Waals surface area contributed by atoms with E-state index < -0.39 is 9.84 Å². The van der Waals surface area contributed by atoms with E-state index in [9.17, 15) is 13.2 Å². The van der Waals surface area contributed by atoms with E-state index in [1.807, 2.05) is 37.3 Å². The Balaban J connectivity index is 1.86. The Kier molecular flexibility index (Phi) is 5.55. The molecule has 0 saturated heterocycles. The summed E-state index contributed by atoms with van der Waals surface area (Å²) in [5, 5.41) is 2.92. The van der Waals surface area contributed by atoms with Crippen molar-refractivity contribution in [2.24, 2.45) is 0 Å². The fraction of sp³-hybridized carbons (Fsp3) is 0.278. The molecule has 0 saturated carbocycles. The molecule has 0 unspecified atom stereocenters. The van der Waals surface area contributed by atoms with E-state index in [1.54, 1.807) is 24.3 Å². The summed E-state index contributed by atoms with van der Waals surface area (Å²) in [6, 6.07) is 16.4. The molecule has 0 fully saturated rings. The molecular weight excluding hydrogens is 310 g/mol. The molecule has 0 aliphatic rings. The summed E-state index contributed by atoms with van der Waals surface area (Å²) in [6.45, 7) is 2.40. The van der Waals surface area contributed by atoms with Gasteiger partial charge in [-0.3, -0.25) is 4.79 Å². The van der Waals surface area contributed by atoms with Crippen LogP contribution in [0.2, 0.25) is 0 Å². The molecule has 23 heavy (non-hydrogen) atoms. The van der Waals surface area contributed by atoms with Crippen molar-refractivity contribution >= 4 is 15.7 Å². The van der Waals surface area contributed by atoms with E-state index in [1.165, 1.54) is 6.26 Å². The molecule has 0 radical (unpaired) electrons. The highest BCUT2D eigenvalue weighted by atomic mass is 32.2. The Morgan fingerprint density at radius 2 is 1.65 bits per heavy atom. The van der Waals surface area contributed by atoms with Crippen LogP contribution in [-0.2, 0) is 21.1 Å². The number of hydrogen-bond acceptors (Lipinski definition) is 3. The molecule has 1 N–H and O–H groups in total. The number of carbonyl (C=O) groups is 1. The number of hydrogen-bond donors (Lipinski definition) is 1. The van der Waals surface area contributed by atoms with E-state index >= 15 is 0 Å². The first kappa shape index (κ1) is 17.2. The minimum Gasteiger partial charge on any atom is -0.355 e. The standard InChI is InChI=1S/C18H21NO3S/c1-14(16-6-4-3-5-7-16)18(20)19-13-12-15-8-10-17(11-9-15)23(2,21)22/h3-11,14H,12-13H2,1-2H3,(H,19,20)/t14-/m1/s1. The maximum atomic E-state index is 12.1. The van der Waals surface area contributed by atoms with Crippen LogP contribution in [-0.4, -0.2) is 27.1 Å². The molecule has 0 bridgehead atoms. The van der Waals surface area contributed by atoms with Crippen LogP contribution in [0.1, 0.15) is 24.0 Å². The van der Waals surface area contributed by atoms with Crippen molar-refractivity contribution in [3.05, 3.63) is 65.7 Å². The van der Waals surface area contributed by atoms with Gasteiger partial charge >= 0.3 is 0 Å². The highest BCUT2D eigenvalue weighted by Crippen LogP contribution is 2.14. The van der Waals surface area contributed by atoms with Crippen molar-refractivity contribution in [1.29, 1.82) is 0 Å². The maximum absolute atomic E-state index is 12.1. The molecule has 4 nitrogen and oxygen atoms in total. The van der Waals surface area contributed by atoms with Crippen LogP contribution in [0.15, 0.2) is 59.5 Å². The molecule has 0 aliphatic carbocycles. The van der Waals surface area contributed by atoms with Crippen molar-refractivity contribution in [2.75, 3.05) is 12.8 Å². The lowest BCUT2D eigenvalue weighted by Gasteiger charge is -2.12. The first-order valence-electron chi connectivity index (χ1n) is 7.49. The van der Waals surface area contributed by atoms with Crippen molar-refractivity contribution < 1.29 is 13.2 Å². The lowest BCUT2D eigenvalue weighted by atomic mass is 10.0. The Morgan fingerprint density at radius 1 is 1.04 bits per heavy atom. The van der Waals surface area contributed by atoms with Gasteiger partial charge in [0, 0.05) is 12.8 Å². The predicted octanol–water partition coefficient (Wildman–Crippen LogP) is 2.55. The van der Waals surface area contributed by atoms with E-state index in [4.69, 9.17) is 0 Å². The summed E-state index contributed by atoms with van der Waals surface area (Å²) in [6.07, 6.45) is 1.85. The fourth-order valence-electron chi connectivity index (χ4n) is 2.28. The maximum Gasteiger partial charge on any atom is 0.227 e. The molecule has 0 aromatic heterocycles. The van der Waals surface area contributed by atoms with E-state index in [0.29, 0.717) is 17.9 Å². The Bertz CT molecular complexity index is 753. The van der Waals surface area contributed by atoms with E-state index in [-0.39, 0.29) is 11.8 Å². The number of sulfone groups is 1. The number of carbonyl (C=O) groups excluding carboxylic acids is 1. The summed E-state index contributed by atoms with van der Waals surface area (Å²) < 4.78 is 22.8. The van der Waals surface area contributed by atoms with Crippen molar-refractivity contribution in [2.45, 2.75) is 24.2 Å². The molecule has 0 aliphatic heterocycles. The molecule has 0 heterocycles. The first-order chi connectivity index (χ1) is 10.9. The monoisotopic (exact) mass is 331 g/mol. The van der Waals surface area contributed by atoms with Crippen LogP contribution in [0.25, 0.3) is 0 Å². The fourth-order valence-corrected chi connectivity index (χ4v) is 2.91. The van der Waals surface area contributed by atoms with E-state index in [2.05, 4.69) is 5.32 Å². The van der Waals surface area contributed by atoms with Gasteiger partial charge in [0.1, 0.15) is 0 Å². The van der Waals surface area contributed by atoms with Crippen molar-refractivity contribution in [3.63, 3.8) is 0 Å². The predicted molar refractivity (Wildman–Crippen MR) is 91.1 cm³/mol. The van der Waals surface area contributed by atoms with Gasteiger partial charge in [0.25, 0.3) is 0 Å². The lowest BCUT2D eigenvalue weighted by molar-refractivity contribution is -0.122. The molecule has 5 heteroatoms. The van der Waals surface area contributed by atoms with Gasteiger partial charge in [-0.1, -0.05) is 42.5 Å². The number of amides is 1. The lowest BCUT2D eigenvalue weighted by Crippen LogP contribution is -2.29. The second-order valence-corrected chi connectivity index (χ2v) is 7.61. The summed E-state index contributed by atoms with van der Waals surface area (Å²) in [5.41, 5.74) is 1.98. The van der Waals surface area contributed by atoms with E-state index in [0.717, 1.165) is 11.1 Å². The molecule has 1 amide bonds. The van der Waals surface area contributed by atoms with Crippen LogP contribution < -0.4 is 5.32 Å². The third-order valence-corrected chi connectivity index (χ3v) is 4.89. The highest BCUT2D eigenvalue weighted by molar-refractivity contribution is 7.90. The van der Waals surface area contributed by atoms with Crippen LogP contribution in [0.3, 0.4) is 0 Å². The zero-order valence-electron chi connectivity index (χ0n) is 13.3. The summed E-state index contributed by atoms with van der Waals surface area (Å²) in [4.78, 5) is 12.4. The first-order valence-corrected chi connectivity index (χ1v) is 9.39. The number of rotatable bonds is 6. The summed E-state index contributed by atoms with van der Waals surface area (Å²) in [5.74, 6) is -0.201. The van der Waals surface area contributed by atoms with Gasteiger partial charge in [-0.05, 0) is 36.6 Å². The third-order valence-electron chi connectivity index (χ3n) is 3.76. The van der Waals surface area contributed by atoms with Crippen LogP contribution in [0, 0.1) is 0 Å². The van der Waals surface area contributed by atoms with Crippen LogP contribution >= 0.6 is 0 Å². The third kappa shape index (κ3) is 4.93. The van der Waals surface area contributed by atoms with Crippen LogP contribution in [0.4, 0.5) is 0 Å². The van der Waals surface area contributed by atoms with Crippen molar-refractivity contribution in [1.82, 2.24) is 5.32 Å². The highest BCUT2D eigenvalue weighted by Gasteiger charge is 2.14. The zero-order chi connectivity index (χ0) is 16.9. The molecular formula is C18H21NO3S. The smallest absolute Gasteiger partial charge is 0.227 e. The molecule has 122 valence electrons. The minimum atomic E-state index is -3.17. The van der Waals surface area contributed by atoms with Crippen molar-refractivity contribution in [3.8, 4) is 0 Å². The molecule has 2 aromatic carbocycles. The molecule has 1 atom stereocenters. The second-order valence-electron chi connectivity index (χ2n) is 5.59. The number of nitrogens with one attached hydrogen (secondary N) is 1. The molecule has 2 rings (SSSR count). The topological polar surface area (TPSA) is 63.2 Å².